The van der Waals surface area contributed by atoms with Crippen LogP contribution in [0.5, 0.6) is 0 Å². The van der Waals surface area contributed by atoms with E-state index in [-0.39, 0.29) is 0 Å². The molecule has 90 valence electrons. The van der Waals surface area contributed by atoms with E-state index < -0.39 is 0 Å². The SMILES string of the molecule is CCCC1CCN(C(C)CNC(C)C)C1. The van der Waals surface area contributed by atoms with E-state index in [1.165, 1.54) is 32.4 Å². The summed E-state index contributed by atoms with van der Waals surface area (Å²) in [5.41, 5.74) is 0. The van der Waals surface area contributed by atoms with Crippen LogP contribution in [0.2, 0.25) is 0 Å². The third-order valence-electron chi connectivity index (χ3n) is 3.46. The number of rotatable bonds is 6. The molecule has 0 aromatic rings. The van der Waals surface area contributed by atoms with Crippen molar-refractivity contribution in [2.45, 2.75) is 59.0 Å². The highest BCUT2D eigenvalue weighted by Gasteiger charge is 2.24. The first-order valence-corrected chi connectivity index (χ1v) is 6.61. The summed E-state index contributed by atoms with van der Waals surface area (Å²) in [7, 11) is 0. The van der Waals surface area contributed by atoms with E-state index in [0.29, 0.717) is 12.1 Å². The highest BCUT2D eigenvalue weighted by Crippen LogP contribution is 2.22. The van der Waals surface area contributed by atoms with Crippen molar-refractivity contribution in [3.8, 4) is 0 Å². The third kappa shape index (κ3) is 4.52. The van der Waals surface area contributed by atoms with Gasteiger partial charge < -0.3 is 5.32 Å². The average molecular weight is 212 g/mol. The fraction of sp³-hybridized carbons (Fsp3) is 1.00. The third-order valence-corrected chi connectivity index (χ3v) is 3.46. The van der Waals surface area contributed by atoms with E-state index in [0.717, 1.165) is 12.5 Å². The Morgan fingerprint density at radius 1 is 1.33 bits per heavy atom. The van der Waals surface area contributed by atoms with Crippen molar-refractivity contribution in [2.75, 3.05) is 19.6 Å². The maximum atomic E-state index is 3.53. The van der Waals surface area contributed by atoms with Crippen LogP contribution in [-0.4, -0.2) is 36.6 Å². The van der Waals surface area contributed by atoms with Crippen molar-refractivity contribution in [1.29, 1.82) is 0 Å². The molecule has 0 aliphatic carbocycles. The molecule has 1 aliphatic rings. The molecular weight excluding hydrogens is 184 g/mol. The lowest BCUT2D eigenvalue weighted by molar-refractivity contribution is 0.237. The van der Waals surface area contributed by atoms with E-state index in [1.807, 2.05) is 0 Å². The van der Waals surface area contributed by atoms with Gasteiger partial charge in [0.25, 0.3) is 0 Å². The molecule has 15 heavy (non-hydrogen) atoms. The summed E-state index contributed by atoms with van der Waals surface area (Å²) in [6.07, 6.45) is 4.18. The van der Waals surface area contributed by atoms with Crippen molar-refractivity contribution in [1.82, 2.24) is 10.2 Å². The van der Waals surface area contributed by atoms with Crippen LogP contribution in [-0.2, 0) is 0 Å². The van der Waals surface area contributed by atoms with Crippen molar-refractivity contribution in [3.63, 3.8) is 0 Å². The second-order valence-electron chi connectivity index (χ2n) is 5.35. The molecule has 1 aliphatic heterocycles. The van der Waals surface area contributed by atoms with Gasteiger partial charge in [0.15, 0.2) is 0 Å². The van der Waals surface area contributed by atoms with E-state index in [4.69, 9.17) is 0 Å². The zero-order valence-corrected chi connectivity index (χ0v) is 10.9. The van der Waals surface area contributed by atoms with Crippen LogP contribution < -0.4 is 5.32 Å². The zero-order valence-electron chi connectivity index (χ0n) is 10.9. The largest absolute Gasteiger partial charge is 0.313 e. The monoisotopic (exact) mass is 212 g/mol. The molecule has 2 atom stereocenters. The van der Waals surface area contributed by atoms with E-state index in [1.54, 1.807) is 0 Å². The van der Waals surface area contributed by atoms with Crippen molar-refractivity contribution < 1.29 is 0 Å². The Hall–Kier alpha value is -0.0800. The highest BCUT2D eigenvalue weighted by molar-refractivity contribution is 4.80. The molecule has 1 rings (SSSR count). The molecule has 2 unspecified atom stereocenters. The first kappa shape index (κ1) is 13.0. The summed E-state index contributed by atoms with van der Waals surface area (Å²) in [4.78, 5) is 2.65. The Bertz CT molecular complexity index is 168. The molecule has 1 N–H and O–H groups in total. The first-order valence-electron chi connectivity index (χ1n) is 6.61. The topological polar surface area (TPSA) is 15.3 Å². The molecule has 2 heteroatoms. The predicted molar refractivity (Wildman–Crippen MR) is 67.2 cm³/mol. The molecule has 1 heterocycles. The normalized spacial score (nSPS) is 25.0. The zero-order chi connectivity index (χ0) is 11.3. The summed E-state index contributed by atoms with van der Waals surface area (Å²) in [6, 6.07) is 1.32. The lowest BCUT2D eigenvalue weighted by Gasteiger charge is -2.25. The van der Waals surface area contributed by atoms with Gasteiger partial charge in [0.2, 0.25) is 0 Å². The van der Waals surface area contributed by atoms with Gasteiger partial charge in [-0.25, -0.2) is 0 Å². The lowest BCUT2D eigenvalue weighted by atomic mass is 10.0. The molecule has 0 bridgehead atoms. The maximum Gasteiger partial charge on any atom is 0.0192 e. The van der Waals surface area contributed by atoms with Gasteiger partial charge in [0.1, 0.15) is 0 Å². The Kier molecular flexibility index (Phi) is 5.62. The standard InChI is InChI=1S/C13H28N2/c1-5-6-13-7-8-15(10-13)12(4)9-14-11(2)3/h11-14H,5-10H2,1-4H3. The molecule has 0 saturated carbocycles. The highest BCUT2D eigenvalue weighted by atomic mass is 15.2. The summed E-state index contributed by atoms with van der Waals surface area (Å²) in [5.74, 6) is 0.969. The molecule has 1 saturated heterocycles. The van der Waals surface area contributed by atoms with E-state index >= 15 is 0 Å². The molecule has 2 nitrogen and oxygen atoms in total. The van der Waals surface area contributed by atoms with Crippen LogP contribution in [0.25, 0.3) is 0 Å². The molecule has 0 spiro atoms. The number of hydrogen-bond acceptors (Lipinski definition) is 2. The van der Waals surface area contributed by atoms with Crippen LogP contribution in [0.3, 0.4) is 0 Å². The maximum absolute atomic E-state index is 3.53. The Balaban J connectivity index is 2.20. The molecule has 0 aromatic heterocycles. The lowest BCUT2D eigenvalue weighted by Crippen LogP contribution is -2.41. The van der Waals surface area contributed by atoms with Gasteiger partial charge in [-0.3, -0.25) is 4.90 Å². The number of nitrogens with zero attached hydrogens (tertiary/aromatic N) is 1. The van der Waals surface area contributed by atoms with Crippen molar-refractivity contribution in [3.05, 3.63) is 0 Å². The Morgan fingerprint density at radius 2 is 2.07 bits per heavy atom. The van der Waals surface area contributed by atoms with E-state index in [2.05, 4.69) is 37.9 Å². The van der Waals surface area contributed by atoms with E-state index in [9.17, 15) is 0 Å². The quantitative estimate of drug-likeness (QED) is 0.728. The number of nitrogens with one attached hydrogen (secondary N) is 1. The second-order valence-corrected chi connectivity index (χ2v) is 5.35. The summed E-state index contributed by atoms with van der Waals surface area (Å²) in [6.45, 7) is 12.9. The van der Waals surface area contributed by atoms with Crippen LogP contribution in [0.1, 0.15) is 47.0 Å². The van der Waals surface area contributed by atoms with Gasteiger partial charge in [-0.05, 0) is 32.2 Å². The summed E-state index contributed by atoms with van der Waals surface area (Å²) >= 11 is 0. The van der Waals surface area contributed by atoms with Crippen molar-refractivity contribution >= 4 is 0 Å². The fourth-order valence-corrected chi connectivity index (χ4v) is 2.44. The van der Waals surface area contributed by atoms with Crippen LogP contribution >= 0.6 is 0 Å². The molecule has 0 radical (unpaired) electrons. The first-order chi connectivity index (χ1) is 7.13. The van der Waals surface area contributed by atoms with Crippen LogP contribution in [0.4, 0.5) is 0 Å². The van der Waals surface area contributed by atoms with Gasteiger partial charge in [0.05, 0.1) is 0 Å². The van der Waals surface area contributed by atoms with Gasteiger partial charge in [0, 0.05) is 25.2 Å². The van der Waals surface area contributed by atoms with Gasteiger partial charge >= 0.3 is 0 Å². The molecular formula is C13H28N2. The minimum Gasteiger partial charge on any atom is -0.313 e. The Labute approximate surface area is 95.4 Å². The average Bonchev–Trinajstić information content (AvgIpc) is 2.63. The summed E-state index contributed by atoms with van der Waals surface area (Å²) < 4.78 is 0. The number of hydrogen-bond donors (Lipinski definition) is 1. The molecule has 0 aromatic carbocycles. The molecule has 1 fully saturated rings. The van der Waals surface area contributed by atoms with Crippen molar-refractivity contribution in [2.24, 2.45) is 5.92 Å². The molecule has 0 amide bonds. The number of likely N-dealkylation sites (tertiary alicyclic amines) is 1. The van der Waals surface area contributed by atoms with Crippen LogP contribution in [0.15, 0.2) is 0 Å². The van der Waals surface area contributed by atoms with Gasteiger partial charge in [-0.1, -0.05) is 27.2 Å². The summed E-state index contributed by atoms with van der Waals surface area (Å²) in [5, 5.41) is 3.53. The van der Waals surface area contributed by atoms with Gasteiger partial charge in [-0.2, -0.15) is 0 Å². The fourth-order valence-electron chi connectivity index (χ4n) is 2.44. The smallest absolute Gasteiger partial charge is 0.0192 e. The predicted octanol–water partition coefficient (Wildman–Crippen LogP) is 2.49. The Morgan fingerprint density at radius 3 is 2.67 bits per heavy atom. The minimum absolute atomic E-state index is 0.612. The second kappa shape index (κ2) is 6.49. The minimum atomic E-state index is 0.612. The van der Waals surface area contributed by atoms with Gasteiger partial charge in [-0.15, -0.1) is 0 Å². The van der Waals surface area contributed by atoms with Crippen LogP contribution in [0, 0.1) is 5.92 Å².